The molecule has 4 heteroatoms. The summed E-state index contributed by atoms with van der Waals surface area (Å²) in [7, 11) is 1.70. The number of aromatic nitrogens is 1. The SMILES string of the molecule is C=CCOc1ccc(-c2ccc(Cl)c(=O)n2C)cc1. The molecular weight excluding hydrogens is 262 g/mol. The van der Waals surface area contributed by atoms with Crippen molar-refractivity contribution in [3.63, 3.8) is 0 Å². The lowest BCUT2D eigenvalue weighted by atomic mass is 10.1. The van der Waals surface area contributed by atoms with Crippen molar-refractivity contribution < 1.29 is 4.74 Å². The van der Waals surface area contributed by atoms with Crippen molar-refractivity contribution in [2.24, 2.45) is 7.05 Å². The predicted molar refractivity (Wildman–Crippen MR) is 77.8 cm³/mol. The van der Waals surface area contributed by atoms with Crippen molar-refractivity contribution >= 4 is 11.6 Å². The minimum atomic E-state index is -0.203. The van der Waals surface area contributed by atoms with Crippen molar-refractivity contribution in [2.45, 2.75) is 0 Å². The van der Waals surface area contributed by atoms with Crippen LogP contribution in [0.4, 0.5) is 0 Å². The zero-order chi connectivity index (χ0) is 13.8. The lowest BCUT2D eigenvalue weighted by Gasteiger charge is -2.09. The van der Waals surface area contributed by atoms with E-state index in [2.05, 4.69) is 6.58 Å². The summed E-state index contributed by atoms with van der Waals surface area (Å²) in [6.45, 7) is 4.07. The highest BCUT2D eigenvalue weighted by molar-refractivity contribution is 6.30. The molecule has 0 radical (unpaired) electrons. The Kier molecular flexibility index (Phi) is 4.07. The van der Waals surface area contributed by atoms with Crippen molar-refractivity contribution in [1.82, 2.24) is 4.57 Å². The van der Waals surface area contributed by atoms with E-state index in [0.717, 1.165) is 17.0 Å². The average Bonchev–Trinajstić information content (AvgIpc) is 2.44. The van der Waals surface area contributed by atoms with E-state index in [0.29, 0.717) is 6.61 Å². The predicted octanol–water partition coefficient (Wildman–Crippen LogP) is 3.27. The molecule has 98 valence electrons. The molecule has 0 atom stereocenters. The number of hydrogen-bond donors (Lipinski definition) is 0. The maximum absolute atomic E-state index is 11.8. The summed E-state index contributed by atoms with van der Waals surface area (Å²) in [5.41, 5.74) is 1.54. The quantitative estimate of drug-likeness (QED) is 0.802. The molecule has 0 saturated carbocycles. The van der Waals surface area contributed by atoms with Gasteiger partial charge >= 0.3 is 0 Å². The molecule has 0 N–H and O–H groups in total. The molecule has 0 bridgehead atoms. The van der Waals surface area contributed by atoms with Crippen LogP contribution in [0.5, 0.6) is 5.75 Å². The van der Waals surface area contributed by atoms with Gasteiger partial charge in [0.1, 0.15) is 17.4 Å². The van der Waals surface area contributed by atoms with Crippen LogP contribution in [0.2, 0.25) is 5.02 Å². The average molecular weight is 276 g/mol. The van der Waals surface area contributed by atoms with Gasteiger partial charge in [0.2, 0.25) is 0 Å². The van der Waals surface area contributed by atoms with E-state index < -0.39 is 0 Å². The third kappa shape index (κ3) is 2.88. The molecule has 3 nitrogen and oxygen atoms in total. The monoisotopic (exact) mass is 275 g/mol. The van der Waals surface area contributed by atoms with Gasteiger partial charge in [0.15, 0.2) is 0 Å². The first-order chi connectivity index (χ1) is 9.13. The lowest BCUT2D eigenvalue weighted by Crippen LogP contribution is -2.18. The van der Waals surface area contributed by atoms with Gasteiger partial charge < -0.3 is 9.30 Å². The lowest BCUT2D eigenvalue weighted by molar-refractivity contribution is 0.363. The molecule has 1 heterocycles. The molecule has 0 spiro atoms. The molecule has 19 heavy (non-hydrogen) atoms. The minimum absolute atomic E-state index is 0.203. The maximum Gasteiger partial charge on any atom is 0.269 e. The third-order valence-electron chi connectivity index (χ3n) is 2.78. The molecule has 2 rings (SSSR count). The largest absolute Gasteiger partial charge is 0.490 e. The summed E-state index contributed by atoms with van der Waals surface area (Å²) < 4.78 is 6.94. The second-order valence-corrected chi connectivity index (χ2v) is 4.46. The van der Waals surface area contributed by atoms with Crippen LogP contribution < -0.4 is 10.3 Å². The smallest absolute Gasteiger partial charge is 0.269 e. The van der Waals surface area contributed by atoms with E-state index in [1.807, 2.05) is 30.3 Å². The Hall–Kier alpha value is -2.00. The standard InChI is InChI=1S/C15H14ClNO2/c1-3-10-19-12-6-4-11(5-7-12)14-9-8-13(16)15(18)17(14)2/h3-9H,1,10H2,2H3. The molecule has 1 aromatic heterocycles. The van der Waals surface area contributed by atoms with Gasteiger partial charge in [-0.15, -0.1) is 0 Å². The zero-order valence-electron chi connectivity index (χ0n) is 10.6. The Morgan fingerprint density at radius 1 is 1.26 bits per heavy atom. The minimum Gasteiger partial charge on any atom is -0.490 e. The molecule has 0 unspecified atom stereocenters. The molecule has 0 amide bonds. The van der Waals surface area contributed by atoms with Gasteiger partial charge in [0.25, 0.3) is 5.56 Å². The first-order valence-electron chi connectivity index (χ1n) is 5.83. The molecule has 0 aliphatic carbocycles. The van der Waals surface area contributed by atoms with E-state index in [9.17, 15) is 4.79 Å². The molecular formula is C15H14ClNO2. The Bertz CT molecular complexity index is 644. The number of pyridine rings is 1. The summed E-state index contributed by atoms with van der Waals surface area (Å²) in [5.74, 6) is 0.766. The number of nitrogens with zero attached hydrogens (tertiary/aromatic N) is 1. The number of ether oxygens (including phenoxy) is 1. The fourth-order valence-corrected chi connectivity index (χ4v) is 1.96. The molecule has 0 aliphatic rings. The fourth-order valence-electron chi connectivity index (χ4n) is 1.77. The first kappa shape index (κ1) is 13.4. The molecule has 0 fully saturated rings. The van der Waals surface area contributed by atoms with Gasteiger partial charge in [0.05, 0.1) is 5.69 Å². The van der Waals surface area contributed by atoms with E-state index in [1.165, 1.54) is 4.57 Å². The van der Waals surface area contributed by atoms with Gasteiger partial charge in [-0.1, -0.05) is 24.3 Å². The van der Waals surface area contributed by atoms with E-state index in [1.54, 1.807) is 19.2 Å². The van der Waals surface area contributed by atoms with Crippen LogP contribution in [0.25, 0.3) is 11.3 Å². The third-order valence-corrected chi connectivity index (χ3v) is 3.06. The van der Waals surface area contributed by atoms with Crippen LogP contribution in [0.1, 0.15) is 0 Å². The van der Waals surface area contributed by atoms with Crippen LogP contribution in [-0.2, 0) is 7.05 Å². The summed E-state index contributed by atoms with van der Waals surface area (Å²) in [4.78, 5) is 11.8. The van der Waals surface area contributed by atoms with Crippen LogP contribution in [0.15, 0.2) is 53.8 Å². The Morgan fingerprint density at radius 3 is 2.58 bits per heavy atom. The topological polar surface area (TPSA) is 31.2 Å². The van der Waals surface area contributed by atoms with Crippen LogP contribution >= 0.6 is 11.6 Å². The van der Waals surface area contributed by atoms with Gasteiger partial charge in [-0.2, -0.15) is 0 Å². The number of hydrogen-bond acceptors (Lipinski definition) is 2. The summed E-state index contributed by atoms with van der Waals surface area (Å²) in [6, 6.07) is 11.0. The fraction of sp³-hybridized carbons (Fsp3) is 0.133. The van der Waals surface area contributed by atoms with Gasteiger partial charge in [0, 0.05) is 7.05 Å². The Labute approximate surface area is 116 Å². The number of benzene rings is 1. The zero-order valence-corrected chi connectivity index (χ0v) is 11.4. The van der Waals surface area contributed by atoms with Crippen LogP contribution in [0.3, 0.4) is 0 Å². The first-order valence-corrected chi connectivity index (χ1v) is 6.21. The van der Waals surface area contributed by atoms with E-state index >= 15 is 0 Å². The van der Waals surface area contributed by atoms with Crippen molar-refractivity contribution in [1.29, 1.82) is 0 Å². The summed E-state index contributed by atoms with van der Waals surface area (Å²) in [5, 5.41) is 0.220. The number of rotatable bonds is 4. The molecule has 0 saturated heterocycles. The van der Waals surface area contributed by atoms with Crippen molar-refractivity contribution in [3.8, 4) is 17.0 Å². The van der Waals surface area contributed by atoms with Gasteiger partial charge in [-0.25, -0.2) is 0 Å². The summed E-state index contributed by atoms with van der Waals surface area (Å²) in [6.07, 6.45) is 1.69. The highest BCUT2D eigenvalue weighted by Crippen LogP contribution is 2.22. The second-order valence-electron chi connectivity index (χ2n) is 4.05. The number of halogens is 1. The van der Waals surface area contributed by atoms with Crippen molar-refractivity contribution in [3.05, 3.63) is 64.4 Å². The highest BCUT2D eigenvalue weighted by atomic mass is 35.5. The molecule has 0 aliphatic heterocycles. The molecule has 1 aromatic carbocycles. The van der Waals surface area contributed by atoms with Crippen LogP contribution in [0, 0.1) is 0 Å². The van der Waals surface area contributed by atoms with Crippen LogP contribution in [-0.4, -0.2) is 11.2 Å². The van der Waals surface area contributed by atoms with Gasteiger partial charge in [-0.3, -0.25) is 4.79 Å². The Balaban J connectivity index is 2.35. The second kappa shape index (κ2) is 5.76. The maximum atomic E-state index is 11.8. The van der Waals surface area contributed by atoms with Gasteiger partial charge in [-0.05, 0) is 42.0 Å². The Morgan fingerprint density at radius 2 is 1.95 bits per heavy atom. The highest BCUT2D eigenvalue weighted by Gasteiger charge is 2.06. The van der Waals surface area contributed by atoms with E-state index in [-0.39, 0.29) is 10.6 Å². The normalized spacial score (nSPS) is 10.2. The van der Waals surface area contributed by atoms with E-state index in [4.69, 9.17) is 16.3 Å². The molecule has 2 aromatic rings. The summed E-state index contributed by atoms with van der Waals surface area (Å²) >= 11 is 5.79. The van der Waals surface area contributed by atoms with Crippen molar-refractivity contribution in [2.75, 3.05) is 6.61 Å².